The summed E-state index contributed by atoms with van der Waals surface area (Å²) in [5, 5.41) is 0. The predicted molar refractivity (Wildman–Crippen MR) is 98.4 cm³/mol. The zero-order valence-corrected chi connectivity index (χ0v) is 16.9. The smallest absolute Gasteiger partial charge is 0.0386 e. The normalized spacial score (nSPS) is 24.0. The van der Waals surface area contributed by atoms with Crippen LogP contribution in [0.15, 0.2) is 0 Å². The van der Waals surface area contributed by atoms with Crippen molar-refractivity contribution < 1.29 is 0 Å². The molecule has 0 aliphatic heterocycles. The quantitative estimate of drug-likeness (QED) is 0.424. The number of rotatable bonds is 9. The monoisotopic (exact) mass is 296 g/mol. The van der Waals surface area contributed by atoms with Gasteiger partial charge in [0.15, 0.2) is 0 Å². The summed E-state index contributed by atoms with van der Waals surface area (Å²) in [6.45, 7) is 26.8. The van der Waals surface area contributed by atoms with E-state index in [1.54, 1.807) is 0 Å². The van der Waals surface area contributed by atoms with Gasteiger partial charge >= 0.3 is 0 Å². The second kappa shape index (κ2) is 9.21. The van der Waals surface area contributed by atoms with Gasteiger partial charge in [-0.3, -0.25) is 0 Å². The Morgan fingerprint density at radius 2 is 0.714 bits per heavy atom. The van der Waals surface area contributed by atoms with Crippen LogP contribution in [0.3, 0.4) is 0 Å². The third-order valence-corrected chi connectivity index (χ3v) is 7.57. The number of hydrogen-bond donors (Lipinski definition) is 0. The van der Waals surface area contributed by atoms with Gasteiger partial charge in [0.05, 0.1) is 0 Å². The maximum atomic E-state index is 2.50. The Bertz CT molecular complexity index is 267. The van der Waals surface area contributed by atoms with Crippen LogP contribution in [0, 0.1) is 53.3 Å². The van der Waals surface area contributed by atoms with Crippen LogP contribution in [0.4, 0.5) is 0 Å². The van der Waals surface area contributed by atoms with Crippen molar-refractivity contribution in [2.45, 2.75) is 82.6 Å². The molecule has 0 heteroatoms. The molecule has 0 aromatic heterocycles. The molecule has 0 aromatic carbocycles. The minimum Gasteiger partial charge on any atom is -0.0651 e. The molecule has 0 saturated heterocycles. The average Bonchev–Trinajstić information content (AvgIpc) is 2.48. The fourth-order valence-electron chi connectivity index (χ4n) is 3.89. The van der Waals surface area contributed by atoms with Gasteiger partial charge < -0.3 is 0 Å². The van der Waals surface area contributed by atoms with Crippen molar-refractivity contribution in [1.82, 2.24) is 0 Å². The molecule has 0 nitrogen and oxygen atoms in total. The molecule has 0 aliphatic rings. The summed E-state index contributed by atoms with van der Waals surface area (Å²) in [6, 6.07) is 0. The molecular weight excluding hydrogens is 252 g/mol. The van der Waals surface area contributed by atoms with E-state index in [0.29, 0.717) is 0 Å². The molecule has 0 fully saturated rings. The maximum Gasteiger partial charge on any atom is -0.0386 e. The molecule has 8 atom stereocenters. The van der Waals surface area contributed by atoms with E-state index in [4.69, 9.17) is 0 Å². The van der Waals surface area contributed by atoms with Crippen molar-refractivity contribution in [1.29, 1.82) is 0 Å². The third kappa shape index (κ3) is 5.61. The molecular formula is C21H44. The van der Waals surface area contributed by atoms with Gasteiger partial charge in [-0.2, -0.15) is 0 Å². The lowest BCUT2D eigenvalue weighted by molar-refractivity contribution is 0.0925. The van der Waals surface area contributed by atoms with E-state index in [1.807, 2.05) is 0 Å². The second-order valence-corrected chi connectivity index (χ2v) is 8.64. The van der Waals surface area contributed by atoms with Gasteiger partial charge in [0, 0.05) is 0 Å². The molecule has 0 bridgehead atoms. The van der Waals surface area contributed by atoms with Crippen LogP contribution in [-0.4, -0.2) is 0 Å². The summed E-state index contributed by atoms with van der Waals surface area (Å²) in [5.41, 5.74) is 0. The van der Waals surface area contributed by atoms with Crippen molar-refractivity contribution in [3.63, 3.8) is 0 Å². The molecule has 0 aromatic rings. The Labute approximate surface area is 136 Å². The Balaban J connectivity index is 4.79. The molecule has 0 amide bonds. The van der Waals surface area contributed by atoms with Crippen LogP contribution in [-0.2, 0) is 0 Å². The predicted octanol–water partition coefficient (Wildman–Crippen LogP) is 7.14. The molecule has 0 aliphatic carbocycles. The Morgan fingerprint density at radius 3 is 1.00 bits per heavy atom. The molecule has 21 heavy (non-hydrogen) atoms. The van der Waals surface area contributed by atoms with E-state index >= 15 is 0 Å². The van der Waals surface area contributed by atoms with E-state index in [-0.39, 0.29) is 0 Å². The molecule has 0 heterocycles. The fourth-order valence-corrected chi connectivity index (χ4v) is 3.89. The molecule has 8 unspecified atom stereocenters. The molecule has 0 N–H and O–H groups in total. The zero-order valence-electron chi connectivity index (χ0n) is 16.9. The zero-order chi connectivity index (χ0) is 16.9. The lowest BCUT2D eigenvalue weighted by Gasteiger charge is -2.39. The molecule has 128 valence electrons. The van der Waals surface area contributed by atoms with Gasteiger partial charge in [-0.1, -0.05) is 82.6 Å². The van der Waals surface area contributed by atoms with Crippen molar-refractivity contribution in [3.8, 4) is 0 Å². The van der Waals surface area contributed by atoms with Crippen molar-refractivity contribution >= 4 is 0 Å². The summed E-state index contributed by atoms with van der Waals surface area (Å²) in [4.78, 5) is 0. The standard InChI is InChI=1S/C21H44/c1-12-14(4)16(6)18(8)20(10)21(11)19(9)17(7)15(5)13(2)3/h13-21H,12H2,1-11H3. The fraction of sp³-hybridized carbons (Fsp3) is 1.00. The van der Waals surface area contributed by atoms with Crippen LogP contribution in [0.2, 0.25) is 0 Å². The molecule has 0 spiro atoms. The van der Waals surface area contributed by atoms with Crippen LogP contribution in [0.5, 0.6) is 0 Å². The number of hydrogen-bond acceptors (Lipinski definition) is 0. The van der Waals surface area contributed by atoms with Crippen LogP contribution in [0.1, 0.15) is 82.6 Å². The Morgan fingerprint density at radius 1 is 0.429 bits per heavy atom. The highest BCUT2D eigenvalue weighted by atomic mass is 14.4. The Hall–Kier alpha value is 0. The van der Waals surface area contributed by atoms with Gasteiger partial charge in [-0.05, 0) is 53.3 Å². The summed E-state index contributed by atoms with van der Waals surface area (Å²) < 4.78 is 0. The SMILES string of the molecule is CCC(C)C(C)C(C)C(C)C(C)C(C)C(C)C(C)C(C)C. The van der Waals surface area contributed by atoms with E-state index in [2.05, 4.69) is 76.2 Å². The highest BCUT2D eigenvalue weighted by Gasteiger charge is 2.32. The van der Waals surface area contributed by atoms with Crippen LogP contribution >= 0.6 is 0 Å². The first-order valence-electron chi connectivity index (χ1n) is 9.56. The van der Waals surface area contributed by atoms with E-state index in [1.165, 1.54) is 6.42 Å². The van der Waals surface area contributed by atoms with E-state index in [9.17, 15) is 0 Å². The van der Waals surface area contributed by atoms with Gasteiger partial charge in [-0.25, -0.2) is 0 Å². The maximum absolute atomic E-state index is 2.50. The van der Waals surface area contributed by atoms with Gasteiger partial charge in [-0.15, -0.1) is 0 Å². The second-order valence-electron chi connectivity index (χ2n) is 8.64. The Kier molecular flexibility index (Phi) is 9.21. The highest BCUT2D eigenvalue weighted by molar-refractivity contribution is 4.81. The minimum absolute atomic E-state index is 0.793. The highest BCUT2D eigenvalue weighted by Crippen LogP contribution is 2.39. The van der Waals surface area contributed by atoms with Crippen LogP contribution < -0.4 is 0 Å². The van der Waals surface area contributed by atoms with Gasteiger partial charge in [0.25, 0.3) is 0 Å². The summed E-state index contributed by atoms with van der Waals surface area (Å²) in [5.74, 6) is 7.35. The summed E-state index contributed by atoms with van der Waals surface area (Å²) in [7, 11) is 0. The third-order valence-electron chi connectivity index (χ3n) is 7.57. The first-order valence-corrected chi connectivity index (χ1v) is 9.56. The minimum atomic E-state index is 0.793. The lowest BCUT2D eigenvalue weighted by atomic mass is 9.66. The lowest BCUT2D eigenvalue weighted by Crippen LogP contribution is -2.33. The van der Waals surface area contributed by atoms with E-state index < -0.39 is 0 Å². The molecule has 0 saturated carbocycles. The van der Waals surface area contributed by atoms with Crippen molar-refractivity contribution in [2.24, 2.45) is 53.3 Å². The largest absolute Gasteiger partial charge is 0.0651 e. The van der Waals surface area contributed by atoms with E-state index in [0.717, 1.165) is 53.3 Å². The average molecular weight is 297 g/mol. The van der Waals surface area contributed by atoms with Gasteiger partial charge in [0.1, 0.15) is 0 Å². The summed E-state index contributed by atoms with van der Waals surface area (Å²) in [6.07, 6.45) is 1.31. The first-order chi connectivity index (χ1) is 9.56. The first kappa shape index (κ1) is 21.0. The molecule has 0 rings (SSSR count). The van der Waals surface area contributed by atoms with Crippen molar-refractivity contribution in [3.05, 3.63) is 0 Å². The summed E-state index contributed by atoms with van der Waals surface area (Å²) >= 11 is 0. The van der Waals surface area contributed by atoms with Crippen LogP contribution in [0.25, 0.3) is 0 Å². The molecule has 0 radical (unpaired) electrons. The van der Waals surface area contributed by atoms with Gasteiger partial charge in [0.2, 0.25) is 0 Å². The van der Waals surface area contributed by atoms with Crippen molar-refractivity contribution in [2.75, 3.05) is 0 Å². The topological polar surface area (TPSA) is 0 Å².